The van der Waals surface area contributed by atoms with E-state index < -0.39 is 58.6 Å². The number of aromatic hydroxyl groups is 6. The zero-order chi connectivity index (χ0) is 29.2. The Hall–Kier alpha value is -5.42. The van der Waals surface area contributed by atoms with Gasteiger partial charge < -0.3 is 45.2 Å². The summed E-state index contributed by atoms with van der Waals surface area (Å²) in [6.07, 6.45) is -4.37. The number of carbonyl (C=O) groups is 2. The van der Waals surface area contributed by atoms with Crippen LogP contribution in [0.1, 0.15) is 55.5 Å². The van der Waals surface area contributed by atoms with E-state index in [1.165, 1.54) is 48.5 Å². The maximum absolute atomic E-state index is 14.1. The van der Waals surface area contributed by atoms with Gasteiger partial charge in [0.15, 0.2) is 18.0 Å². The summed E-state index contributed by atoms with van der Waals surface area (Å²) in [5.74, 6) is -6.19. The minimum atomic E-state index is -1.78. The summed E-state index contributed by atoms with van der Waals surface area (Å²) in [7, 11) is 0. The molecule has 0 aliphatic carbocycles. The van der Waals surface area contributed by atoms with Crippen LogP contribution in [0.2, 0.25) is 0 Å². The Morgan fingerprint density at radius 2 is 1.12 bits per heavy atom. The van der Waals surface area contributed by atoms with Gasteiger partial charge in [0.2, 0.25) is 5.78 Å². The van der Waals surface area contributed by atoms with E-state index in [-0.39, 0.29) is 45.4 Å². The molecule has 4 atom stereocenters. The minimum absolute atomic E-state index is 0.0760. The largest absolute Gasteiger partial charge is 0.508 e. The number of Topliss-reactive ketones (excluding diaryl/α,β-unsaturated/α-hetero) is 2. The SMILES string of the molecule is O=C1c2c(O)cc(O)c([C@@H]3C(=O)c4c(O)cc(O)cc4O[C@H]3c3ccc(O)cc3)c2O[C@@H](c2ccc(O)cc2)[C@H]1O. The Kier molecular flexibility index (Phi) is 5.89. The summed E-state index contributed by atoms with van der Waals surface area (Å²) in [6.45, 7) is 0. The van der Waals surface area contributed by atoms with Gasteiger partial charge in [-0.3, -0.25) is 9.59 Å². The molecule has 0 aromatic heterocycles. The van der Waals surface area contributed by atoms with Gasteiger partial charge in [-0.05, 0) is 35.4 Å². The maximum atomic E-state index is 14.1. The van der Waals surface area contributed by atoms with Crippen molar-refractivity contribution in [2.45, 2.75) is 24.2 Å². The summed E-state index contributed by atoms with van der Waals surface area (Å²) in [6, 6.07) is 14.0. The number of phenolic OH excluding ortho intramolecular Hbond substituents is 6. The second kappa shape index (κ2) is 9.35. The molecule has 2 heterocycles. The Labute approximate surface area is 231 Å². The smallest absolute Gasteiger partial charge is 0.202 e. The van der Waals surface area contributed by atoms with Crippen LogP contribution in [-0.2, 0) is 0 Å². The number of hydrogen-bond acceptors (Lipinski definition) is 11. The van der Waals surface area contributed by atoms with Crippen LogP contribution in [0.15, 0.2) is 66.7 Å². The Bertz CT molecular complexity index is 1710. The van der Waals surface area contributed by atoms with Crippen molar-refractivity contribution in [1.82, 2.24) is 0 Å². The van der Waals surface area contributed by atoms with Crippen molar-refractivity contribution in [3.63, 3.8) is 0 Å². The quantitative estimate of drug-likeness (QED) is 0.194. The first-order chi connectivity index (χ1) is 19.5. The van der Waals surface area contributed by atoms with E-state index in [9.17, 15) is 45.3 Å². The molecule has 11 nitrogen and oxygen atoms in total. The van der Waals surface area contributed by atoms with E-state index in [2.05, 4.69) is 0 Å². The van der Waals surface area contributed by atoms with Crippen molar-refractivity contribution in [2.75, 3.05) is 0 Å². The number of fused-ring (bicyclic) bond motifs is 2. The molecular weight excluding hydrogens is 536 g/mol. The molecule has 0 spiro atoms. The number of phenols is 6. The highest BCUT2D eigenvalue weighted by Crippen LogP contribution is 2.55. The van der Waals surface area contributed by atoms with Gasteiger partial charge in [-0.2, -0.15) is 0 Å². The zero-order valence-electron chi connectivity index (χ0n) is 20.9. The summed E-state index contributed by atoms with van der Waals surface area (Å²) >= 11 is 0. The molecule has 4 aromatic carbocycles. The van der Waals surface area contributed by atoms with Crippen LogP contribution in [-0.4, -0.2) is 53.4 Å². The van der Waals surface area contributed by atoms with Gasteiger partial charge in [-0.1, -0.05) is 24.3 Å². The molecule has 2 aliphatic rings. The van der Waals surface area contributed by atoms with E-state index in [0.717, 1.165) is 18.2 Å². The van der Waals surface area contributed by atoms with Crippen molar-refractivity contribution in [2.24, 2.45) is 0 Å². The fourth-order valence-corrected chi connectivity index (χ4v) is 5.33. The third-order valence-electron chi connectivity index (χ3n) is 7.23. The maximum Gasteiger partial charge on any atom is 0.202 e. The molecule has 4 aromatic rings. The van der Waals surface area contributed by atoms with Gasteiger partial charge >= 0.3 is 0 Å². The lowest BCUT2D eigenvalue weighted by atomic mass is 9.78. The highest BCUT2D eigenvalue weighted by atomic mass is 16.5. The molecular formula is C30H22O11. The Balaban J connectivity index is 1.59. The van der Waals surface area contributed by atoms with Crippen LogP contribution >= 0.6 is 0 Å². The third-order valence-corrected chi connectivity index (χ3v) is 7.23. The second-order valence-corrected chi connectivity index (χ2v) is 9.78. The fourth-order valence-electron chi connectivity index (χ4n) is 5.33. The minimum Gasteiger partial charge on any atom is -0.508 e. The van der Waals surface area contributed by atoms with Gasteiger partial charge in [0.05, 0.1) is 11.5 Å². The molecule has 0 amide bonds. The van der Waals surface area contributed by atoms with Crippen LogP contribution in [0.3, 0.4) is 0 Å². The van der Waals surface area contributed by atoms with Crippen molar-refractivity contribution < 1.29 is 54.8 Å². The lowest BCUT2D eigenvalue weighted by Gasteiger charge is -2.37. The molecule has 11 heteroatoms. The number of hydrogen-bond donors (Lipinski definition) is 7. The van der Waals surface area contributed by atoms with Crippen molar-refractivity contribution >= 4 is 11.6 Å². The van der Waals surface area contributed by atoms with Gasteiger partial charge in [0.1, 0.15) is 63.2 Å². The summed E-state index contributed by atoms with van der Waals surface area (Å²) in [4.78, 5) is 27.5. The molecule has 0 unspecified atom stereocenters. The van der Waals surface area contributed by atoms with Crippen molar-refractivity contribution in [3.8, 4) is 46.0 Å². The third kappa shape index (κ3) is 4.10. The first-order valence-corrected chi connectivity index (χ1v) is 12.4. The predicted octanol–water partition coefficient (Wildman–Crippen LogP) is 3.70. The van der Waals surface area contributed by atoms with Gasteiger partial charge in [-0.15, -0.1) is 0 Å². The lowest BCUT2D eigenvalue weighted by Crippen LogP contribution is -2.38. The molecule has 208 valence electrons. The van der Waals surface area contributed by atoms with E-state index in [1.807, 2.05) is 0 Å². The highest BCUT2D eigenvalue weighted by Gasteiger charge is 2.48. The summed E-state index contributed by atoms with van der Waals surface area (Å²) in [5.41, 5.74) is -0.418. The average molecular weight is 558 g/mol. The topological polar surface area (TPSA) is 194 Å². The predicted molar refractivity (Wildman–Crippen MR) is 140 cm³/mol. The number of ether oxygens (including phenoxy) is 2. The average Bonchev–Trinajstić information content (AvgIpc) is 2.92. The first kappa shape index (κ1) is 25.8. The van der Waals surface area contributed by atoms with Crippen molar-refractivity contribution in [3.05, 3.63) is 94.5 Å². The lowest BCUT2D eigenvalue weighted by molar-refractivity contribution is 0.0197. The van der Waals surface area contributed by atoms with Crippen LogP contribution in [0.4, 0.5) is 0 Å². The molecule has 0 fully saturated rings. The molecule has 2 aliphatic heterocycles. The molecule has 7 N–H and O–H groups in total. The van der Waals surface area contributed by atoms with E-state index in [1.54, 1.807) is 0 Å². The van der Waals surface area contributed by atoms with Crippen molar-refractivity contribution in [1.29, 1.82) is 0 Å². The number of aliphatic hydroxyl groups is 1. The molecule has 0 bridgehead atoms. The summed E-state index contributed by atoms with van der Waals surface area (Å²) in [5, 5.41) is 72.7. The Morgan fingerprint density at radius 1 is 0.561 bits per heavy atom. The molecule has 0 radical (unpaired) electrons. The highest BCUT2D eigenvalue weighted by molar-refractivity contribution is 6.10. The standard InChI is InChI=1S/C30H22O11/c31-14-5-1-12(2-6-14)28-24(25(37)21-17(34)9-16(33)10-20(21)40-28)22-18(35)11-19(36)23-26(38)27(39)29(41-30(22)23)13-3-7-15(32)8-4-13/h1-11,24,27-29,31-36,39H/t24-,27+,28+,29+/m1/s1. The Morgan fingerprint density at radius 3 is 1.73 bits per heavy atom. The van der Waals surface area contributed by atoms with Gasteiger partial charge in [0.25, 0.3) is 0 Å². The van der Waals surface area contributed by atoms with Crippen LogP contribution in [0.25, 0.3) is 0 Å². The molecule has 41 heavy (non-hydrogen) atoms. The number of carbonyl (C=O) groups excluding carboxylic acids is 2. The van der Waals surface area contributed by atoms with E-state index >= 15 is 0 Å². The zero-order valence-corrected chi connectivity index (χ0v) is 20.9. The van der Waals surface area contributed by atoms with Gasteiger partial charge in [0, 0.05) is 18.2 Å². The number of rotatable bonds is 3. The van der Waals surface area contributed by atoms with Crippen LogP contribution in [0.5, 0.6) is 46.0 Å². The molecule has 0 saturated heterocycles. The normalized spacial score (nSPS) is 21.4. The van der Waals surface area contributed by atoms with E-state index in [4.69, 9.17) is 9.47 Å². The summed E-state index contributed by atoms with van der Waals surface area (Å²) < 4.78 is 12.1. The van der Waals surface area contributed by atoms with Crippen LogP contribution < -0.4 is 9.47 Å². The monoisotopic (exact) mass is 558 g/mol. The number of ketones is 2. The van der Waals surface area contributed by atoms with Crippen LogP contribution in [0, 0.1) is 0 Å². The van der Waals surface area contributed by atoms with E-state index in [0.29, 0.717) is 5.56 Å². The number of benzene rings is 4. The first-order valence-electron chi connectivity index (χ1n) is 12.4. The van der Waals surface area contributed by atoms with Gasteiger partial charge in [-0.25, -0.2) is 0 Å². The fraction of sp³-hybridized carbons (Fsp3) is 0.133. The molecule has 0 saturated carbocycles. The number of aliphatic hydroxyl groups excluding tert-OH is 1. The molecule has 6 rings (SSSR count). The second-order valence-electron chi connectivity index (χ2n) is 9.78.